The van der Waals surface area contributed by atoms with Gasteiger partial charge in [0.15, 0.2) is 0 Å². The van der Waals surface area contributed by atoms with Gasteiger partial charge in [0.2, 0.25) is 0 Å². The molecule has 3 aromatic rings. The van der Waals surface area contributed by atoms with Gasteiger partial charge in [-0.15, -0.1) is 0 Å². The third-order valence-electron chi connectivity index (χ3n) is 4.12. The highest BCUT2D eigenvalue weighted by molar-refractivity contribution is 5.92. The van der Waals surface area contributed by atoms with Crippen LogP contribution >= 0.6 is 0 Å². The molecule has 0 radical (unpaired) electrons. The third kappa shape index (κ3) is 3.22. The number of pyridine rings is 2. The molecular weight excluding hydrogens is 317 g/mol. The van der Waals surface area contributed by atoms with Gasteiger partial charge >= 0.3 is 0 Å². The summed E-state index contributed by atoms with van der Waals surface area (Å²) >= 11 is 0. The van der Waals surface area contributed by atoms with Crippen LogP contribution in [-0.2, 0) is 5.41 Å². The highest BCUT2D eigenvalue weighted by Gasteiger charge is 2.21. The highest BCUT2D eigenvalue weighted by Crippen LogP contribution is 2.33. The Kier molecular flexibility index (Phi) is 4.25. The first-order valence-corrected chi connectivity index (χ1v) is 8.08. The first-order chi connectivity index (χ1) is 11.8. The number of carbonyl (C=O) groups excluding carboxylic acids is 1. The summed E-state index contributed by atoms with van der Waals surface area (Å²) in [5.74, 6) is -0.450. The summed E-state index contributed by atoms with van der Waals surface area (Å²) in [6.45, 7) is 5.96. The Morgan fingerprint density at radius 1 is 1.08 bits per heavy atom. The molecule has 2 aromatic heterocycles. The number of hydrogen-bond acceptors (Lipinski definition) is 3. The Morgan fingerprint density at radius 2 is 1.84 bits per heavy atom. The molecule has 0 saturated heterocycles. The van der Waals surface area contributed by atoms with Crippen molar-refractivity contribution in [2.24, 2.45) is 0 Å². The zero-order valence-electron chi connectivity index (χ0n) is 14.7. The van der Waals surface area contributed by atoms with Crippen LogP contribution in [0.25, 0.3) is 22.0 Å². The lowest BCUT2D eigenvalue weighted by Crippen LogP contribution is -2.18. The molecule has 0 aliphatic carbocycles. The van der Waals surface area contributed by atoms with Crippen molar-refractivity contribution in [3.8, 4) is 11.3 Å². The maximum absolute atomic E-state index is 14.3. The number of carbonyl (C=O) groups is 1. The molecule has 1 N–H and O–H groups in total. The number of aromatic nitrogens is 2. The fourth-order valence-electron chi connectivity index (χ4n) is 2.92. The Bertz CT molecular complexity index is 944. The number of halogens is 1. The largest absolute Gasteiger partial charge is 0.354 e. The van der Waals surface area contributed by atoms with Gasteiger partial charge < -0.3 is 5.32 Å². The molecule has 0 aliphatic rings. The van der Waals surface area contributed by atoms with Crippen molar-refractivity contribution in [3.63, 3.8) is 0 Å². The van der Waals surface area contributed by atoms with Gasteiger partial charge in [0, 0.05) is 36.0 Å². The number of amides is 1. The van der Waals surface area contributed by atoms with Crippen molar-refractivity contribution < 1.29 is 9.18 Å². The van der Waals surface area contributed by atoms with Crippen LogP contribution in [0.15, 0.2) is 42.7 Å². The van der Waals surface area contributed by atoms with Crippen LogP contribution in [-0.4, -0.2) is 22.9 Å². The summed E-state index contributed by atoms with van der Waals surface area (Å²) in [7, 11) is 1.56. The Morgan fingerprint density at radius 3 is 2.44 bits per heavy atom. The van der Waals surface area contributed by atoms with E-state index in [0.717, 1.165) is 22.0 Å². The van der Waals surface area contributed by atoms with Gasteiger partial charge in [-0.2, -0.15) is 0 Å². The Balaban J connectivity index is 2.08. The number of rotatable bonds is 2. The van der Waals surface area contributed by atoms with E-state index in [2.05, 4.69) is 15.3 Å². The zero-order chi connectivity index (χ0) is 18.2. The van der Waals surface area contributed by atoms with Crippen LogP contribution in [0.5, 0.6) is 0 Å². The van der Waals surface area contributed by atoms with E-state index in [9.17, 15) is 9.18 Å². The Hall–Kier alpha value is -2.82. The van der Waals surface area contributed by atoms with Gasteiger partial charge in [0.25, 0.3) is 5.91 Å². The predicted molar refractivity (Wildman–Crippen MR) is 97.0 cm³/mol. The van der Waals surface area contributed by atoms with E-state index >= 15 is 0 Å². The Labute approximate surface area is 146 Å². The fourth-order valence-corrected chi connectivity index (χ4v) is 2.92. The van der Waals surface area contributed by atoms with Crippen molar-refractivity contribution in [3.05, 3.63) is 59.8 Å². The molecular formula is C20H20FN3O. The number of hydrogen-bond donors (Lipinski definition) is 1. The molecule has 0 fully saturated rings. The minimum absolute atomic E-state index is 0.217. The molecule has 1 amide bonds. The van der Waals surface area contributed by atoms with Crippen LogP contribution in [0.4, 0.5) is 4.39 Å². The van der Waals surface area contributed by atoms with Crippen LogP contribution in [0.3, 0.4) is 0 Å². The molecule has 0 spiro atoms. The average Bonchev–Trinajstić information content (AvgIpc) is 2.59. The predicted octanol–water partition coefficient (Wildman–Crippen LogP) is 4.09. The summed E-state index contributed by atoms with van der Waals surface area (Å²) in [5, 5.41) is 4.27. The van der Waals surface area contributed by atoms with Crippen molar-refractivity contribution >= 4 is 16.7 Å². The van der Waals surface area contributed by atoms with E-state index in [1.165, 1.54) is 6.07 Å². The van der Waals surface area contributed by atoms with E-state index in [1.54, 1.807) is 37.6 Å². The molecule has 0 saturated carbocycles. The fraction of sp³-hybridized carbons (Fsp3) is 0.250. The normalized spacial score (nSPS) is 11.6. The van der Waals surface area contributed by atoms with Crippen LogP contribution in [0.2, 0.25) is 0 Å². The second-order valence-corrected chi connectivity index (χ2v) is 6.97. The monoisotopic (exact) mass is 337 g/mol. The van der Waals surface area contributed by atoms with Crippen LogP contribution in [0, 0.1) is 5.82 Å². The van der Waals surface area contributed by atoms with E-state index in [-0.39, 0.29) is 17.1 Å². The second-order valence-electron chi connectivity index (χ2n) is 6.97. The standard InChI is InChI=1S/C20H20FN3O/c1-20(2,3)18-14-11-24-17(9-12(14)5-7-15(18)21)13-6-8-16(23-10-13)19(25)22-4/h5-11H,1-4H3,(H,22,25). The van der Waals surface area contributed by atoms with Gasteiger partial charge in [-0.25, -0.2) is 4.39 Å². The molecule has 0 atom stereocenters. The van der Waals surface area contributed by atoms with E-state index in [0.29, 0.717) is 11.3 Å². The van der Waals surface area contributed by atoms with Crippen molar-refractivity contribution in [2.45, 2.75) is 26.2 Å². The summed E-state index contributed by atoms with van der Waals surface area (Å²) < 4.78 is 14.3. The van der Waals surface area contributed by atoms with Gasteiger partial charge in [-0.1, -0.05) is 26.8 Å². The quantitative estimate of drug-likeness (QED) is 0.766. The zero-order valence-corrected chi connectivity index (χ0v) is 14.7. The first kappa shape index (κ1) is 17.0. The maximum Gasteiger partial charge on any atom is 0.269 e. The maximum atomic E-state index is 14.3. The first-order valence-electron chi connectivity index (χ1n) is 8.08. The number of nitrogens with one attached hydrogen (secondary N) is 1. The SMILES string of the molecule is CNC(=O)c1ccc(-c2cc3ccc(F)c(C(C)(C)C)c3cn2)cn1. The lowest BCUT2D eigenvalue weighted by atomic mass is 9.83. The van der Waals surface area contributed by atoms with E-state index in [1.807, 2.05) is 26.8 Å². The van der Waals surface area contributed by atoms with Crippen molar-refractivity contribution in [2.75, 3.05) is 7.05 Å². The minimum atomic E-state index is -0.316. The molecule has 4 nitrogen and oxygen atoms in total. The molecule has 0 bridgehead atoms. The topological polar surface area (TPSA) is 54.9 Å². The molecule has 2 heterocycles. The van der Waals surface area contributed by atoms with E-state index < -0.39 is 0 Å². The van der Waals surface area contributed by atoms with Crippen molar-refractivity contribution in [1.29, 1.82) is 0 Å². The molecule has 25 heavy (non-hydrogen) atoms. The number of fused-ring (bicyclic) bond motifs is 1. The minimum Gasteiger partial charge on any atom is -0.354 e. The molecule has 128 valence electrons. The van der Waals surface area contributed by atoms with E-state index in [4.69, 9.17) is 0 Å². The molecule has 1 aromatic carbocycles. The highest BCUT2D eigenvalue weighted by atomic mass is 19.1. The van der Waals surface area contributed by atoms with Crippen LogP contribution < -0.4 is 5.32 Å². The van der Waals surface area contributed by atoms with Gasteiger partial charge in [-0.05, 0) is 35.1 Å². The lowest BCUT2D eigenvalue weighted by molar-refractivity contribution is 0.0958. The second kappa shape index (κ2) is 6.24. The van der Waals surface area contributed by atoms with Crippen molar-refractivity contribution in [1.82, 2.24) is 15.3 Å². The van der Waals surface area contributed by atoms with Gasteiger partial charge in [0.05, 0.1) is 5.69 Å². The average molecular weight is 337 g/mol. The smallest absolute Gasteiger partial charge is 0.269 e. The molecule has 3 rings (SSSR count). The molecule has 0 unspecified atom stereocenters. The van der Waals surface area contributed by atoms with Gasteiger partial charge in [-0.3, -0.25) is 14.8 Å². The molecule has 0 aliphatic heterocycles. The van der Waals surface area contributed by atoms with Crippen LogP contribution in [0.1, 0.15) is 36.8 Å². The summed E-state index contributed by atoms with van der Waals surface area (Å²) in [5.41, 5.74) is 2.23. The number of benzene rings is 1. The summed E-state index contributed by atoms with van der Waals surface area (Å²) in [6, 6.07) is 8.64. The lowest BCUT2D eigenvalue weighted by Gasteiger charge is -2.22. The molecule has 5 heteroatoms. The summed E-state index contributed by atoms with van der Waals surface area (Å²) in [6.07, 6.45) is 3.33. The summed E-state index contributed by atoms with van der Waals surface area (Å²) in [4.78, 5) is 20.2. The van der Waals surface area contributed by atoms with Gasteiger partial charge in [0.1, 0.15) is 11.5 Å². The third-order valence-corrected chi connectivity index (χ3v) is 4.12. The number of nitrogens with zero attached hydrogens (tertiary/aromatic N) is 2.